The van der Waals surface area contributed by atoms with Crippen molar-refractivity contribution in [3.8, 4) is 11.5 Å². The monoisotopic (exact) mass is 283 g/mol. The Hall–Kier alpha value is -2.00. The number of phenolic OH excluding ortho intramolecular Hbond substituents is 1. The number of nitrogens with zero attached hydrogens (tertiary/aromatic N) is 1. The molecule has 0 fully saturated rings. The number of phenols is 1. The van der Waals surface area contributed by atoms with Crippen molar-refractivity contribution in [1.29, 1.82) is 0 Å². The molecule has 0 saturated carbocycles. The van der Waals surface area contributed by atoms with Crippen LogP contribution in [0.5, 0.6) is 11.5 Å². The first kappa shape index (κ1) is 14.0. The maximum Gasteiger partial charge on any atom is 0.162 e. The van der Waals surface area contributed by atoms with Crippen LogP contribution >= 0.6 is 0 Å². The highest BCUT2D eigenvalue weighted by Gasteiger charge is 2.25. The van der Waals surface area contributed by atoms with Gasteiger partial charge in [-0.2, -0.15) is 0 Å². The van der Waals surface area contributed by atoms with Crippen molar-refractivity contribution in [1.82, 2.24) is 4.90 Å². The van der Waals surface area contributed by atoms with E-state index in [1.165, 1.54) is 11.1 Å². The fourth-order valence-corrected chi connectivity index (χ4v) is 3.11. The molecule has 0 spiro atoms. The van der Waals surface area contributed by atoms with Gasteiger partial charge >= 0.3 is 0 Å². The Morgan fingerprint density at radius 3 is 2.38 bits per heavy atom. The second kappa shape index (κ2) is 5.78. The number of ether oxygens (including phenoxy) is 1. The van der Waals surface area contributed by atoms with Gasteiger partial charge in [0, 0.05) is 18.2 Å². The first-order chi connectivity index (χ1) is 10.2. The minimum Gasteiger partial charge on any atom is -0.504 e. The van der Waals surface area contributed by atoms with Crippen molar-refractivity contribution < 1.29 is 9.84 Å². The molecular formula is C18H21NO2. The minimum atomic E-state index is 0.252. The number of para-hydroxylation sites is 1. The second-order valence-corrected chi connectivity index (χ2v) is 5.71. The predicted molar refractivity (Wildman–Crippen MR) is 83.8 cm³/mol. The van der Waals surface area contributed by atoms with Gasteiger partial charge in [-0.25, -0.2) is 0 Å². The summed E-state index contributed by atoms with van der Waals surface area (Å²) in [5.74, 6) is 0.790. The van der Waals surface area contributed by atoms with Crippen molar-refractivity contribution in [2.75, 3.05) is 14.2 Å². The summed E-state index contributed by atoms with van der Waals surface area (Å²) in [7, 11) is 3.70. The van der Waals surface area contributed by atoms with E-state index < -0.39 is 0 Å². The third-order valence-corrected chi connectivity index (χ3v) is 4.38. The maximum absolute atomic E-state index is 10.2. The van der Waals surface area contributed by atoms with Gasteiger partial charge in [0.25, 0.3) is 0 Å². The number of aromatic hydroxyl groups is 1. The van der Waals surface area contributed by atoms with Gasteiger partial charge in [0.1, 0.15) is 0 Å². The van der Waals surface area contributed by atoms with Crippen molar-refractivity contribution >= 4 is 0 Å². The molecule has 0 unspecified atom stereocenters. The maximum atomic E-state index is 10.2. The Balaban J connectivity index is 1.72. The fraction of sp³-hybridized carbons (Fsp3) is 0.333. The zero-order valence-corrected chi connectivity index (χ0v) is 12.5. The lowest BCUT2D eigenvalue weighted by molar-refractivity contribution is 0.237. The lowest BCUT2D eigenvalue weighted by Gasteiger charge is -2.24. The van der Waals surface area contributed by atoms with Gasteiger partial charge in [-0.05, 0) is 37.1 Å². The number of rotatable bonds is 4. The van der Waals surface area contributed by atoms with Crippen molar-refractivity contribution in [2.24, 2.45) is 0 Å². The largest absolute Gasteiger partial charge is 0.504 e. The summed E-state index contributed by atoms with van der Waals surface area (Å²) >= 11 is 0. The molecule has 0 radical (unpaired) electrons. The molecule has 0 aliphatic heterocycles. The summed E-state index contributed by atoms with van der Waals surface area (Å²) in [6.07, 6.45) is 2.16. The normalized spacial score (nSPS) is 14.4. The van der Waals surface area contributed by atoms with Crippen LogP contribution in [0.25, 0.3) is 0 Å². The summed E-state index contributed by atoms with van der Waals surface area (Å²) in [4.78, 5) is 2.31. The molecule has 0 aromatic heterocycles. The molecule has 0 amide bonds. The number of likely N-dealkylation sites (N-methyl/N-ethyl adjacent to an activating group) is 1. The molecule has 2 aromatic rings. The highest BCUT2D eigenvalue weighted by Crippen LogP contribution is 2.32. The highest BCUT2D eigenvalue weighted by molar-refractivity contribution is 5.45. The lowest BCUT2D eigenvalue weighted by Crippen LogP contribution is -2.31. The van der Waals surface area contributed by atoms with E-state index in [4.69, 9.17) is 4.74 Å². The van der Waals surface area contributed by atoms with E-state index in [2.05, 4.69) is 36.2 Å². The van der Waals surface area contributed by atoms with E-state index in [-0.39, 0.29) is 5.75 Å². The quantitative estimate of drug-likeness (QED) is 0.936. The molecule has 110 valence electrons. The average molecular weight is 283 g/mol. The first-order valence-electron chi connectivity index (χ1n) is 7.31. The molecule has 1 aliphatic carbocycles. The molecule has 0 atom stereocenters. The summed E-state index contributed by atoms with van der Waals surface area (Å²) in [5, 5.41) is 10.2. The Morgan fingerprint density at radius 1 is 1.10 bits per heavy atom. The van der Waals surface area contributed by atoms with E-state index in [9.17, 15) is 5.11 Å². The van der Waals surface area contributed by atoms with Gasteiger partial charge in [0.2, 0.25) is 0 Å². The van der Waals surface area contributed by atoms with Crippen LogP contribution in [0.1, 0.15) is 16.7 Å². The van der Waals surface area contributed by atoms with Crippen LogP contribution in [-0.2, 0) is 19.4 Å². The number of fused-ring (bicyclic) bond motifs is 1. The molecule has 0 saturated heterocycles. The van der Waals surface area contributed by atoms with Crippen LogP contribution in [0.4, 0.5) is 0 Å². The van der Waals surface area contributed by atoms with E-state index in [0.29, 0.717) is 11.8 Å². The number of hydrogen-bond acceptors (Lipinski definition) is 3. The van der Waals surface area contributed by atoms with Crippen LogP contribution in [0.15, 0.2) is 42.5 Å². The van der Waals surface area contributed by atoms with E-state index in [1.54, 1.807) is 13.2 Å². The van der Waals surface area contributed by atoms with Crippen LogP contribution in [0.2, 0.25) is 0 Å². The summed E-state index contributed by atoms with van der Waals surface area (Å²) in [5.41, 5.74) is 3.81. The second-order valence-electron chi connectivity index (χ2n) is 5.71. The molecule has 3 rings (SSSR count). The molecule has 0 heterocycles. The van der Waals surface area contributed by atoms with Crippen LogP contribution in [0.3, 0.4) is 0 Å². The van der Waals surface area contributed by atoms with Gasteiger partial charge in [-0.1, -0.05) is 36.4 Å². The van der Waals surface area contributed by atoms with Gasteiger partial charge in [-0.3, -0.25) is 4.90 Å². The van der Waals surface area contributed by atoms with E-state index in [1.807, 2.05) is 12.1 Å². The smallest absolute Gasteiger partial charge is 0.162 e. The zero-order chi connectivity index (χ0) is 14.8. The first-order valence-corrected chi connectivity index (χ1v) is 7.31. The fourth-order valence-electron chi connectivity index (χ4n) is 3.11. The molecule has 21 heavy (non-hydrogen) atoms. The lowest BCUT2D eigenvalue weighted by atomic mass is 10.1. The van der Waals surface area contributed by atoms with Crippen molar-refractivity contribution in [2.45, 2.75) is 25.4 Å². The summed E-state index contributed by atoms with van der Waals surface area (Å²) in [6, 6.07) is 14.8. The highest BCUT2D eigenvalue weighted by atomic mass is 16.5. The molecule has 3 nitrogen and oxygen atoms in total. The zero-order valence-electron chi connectivity index (χ0n) is 12.5. The third kappa shape index (κ3) is 2.74. The standard InChI is InChI=1S/C18H21NO2/c1-19(12-15-8-5-9-17(21-2)18(15)20)16-10-13-6-3-4-7-14(13)11-16/h3-9,16,20H,10-12H2,1-2H3. The molecule has 1 N–H and O–H groups in total. The van der Waals surface area contributed by atoms with Crippen molar-refractivity contribution in [3.63, 3.8) is 0 Å². The van der Waals surface area contributed by atoms with E-state index in [0.717, 1.165) is 24.9 Å². The molecule has 1 aliphatic rings. The third-order valence-electron chi connectivity index (χ3n) is 4.38. The number of methoxy groups -OCH3 is 1. The Bertz CT molecular complexity index is 614. The molecular weight excluding hydrogens is 262 g/mol. The van der Waals surface area contributed by atoms with Gasteiger partial charge in [0.15, 0.2) is 11.5 Å². The summed E-state index contributed by atoms with van der Waals surface area (Å²) in [6.45, 7) is 0.724. The van der Waals surface area contributed by atoms with Crippen LogP contribution in [0, 0.1) is 0 Å². The Labute approximate surface area is 125 Å². The van der Waals surface area contributed by atoms with Gasteiger partial charge in [-0.15, -0.1) is 0 Å². The van der Waals surface area contributed by atoms with Gasteiger partial charge in [0.05, 0.1) is 7.11 Å². The van der Waals surface area contributed by atoms with Crippen LogP contribution < -0.4 is 4.74 Å². The van der Waals surface area contributed by atoms with E-state index >= 15 is 0 Å². The minimum absolute atomic E-state index is 0.252. The topological polar surface area (TPSA) is 32.7 Å². The number of benzene rings is 2. The summed E-state index contributed by atoms with van der Waals surface area (Å²) < 4.78 is 5.17. The van der Waals surface area contributed by atoms with Gasteiger partial charge < -0.3 is 9.84 Å². The SMILES string of the molecule is COc1cccc(CN(C)C2Cc3ccccc3C2)c1O. The predicted octanol–water partition coefficient (Wildman–Crippen LogP) is 3.00. The van der Waals surface area contributed by atoms with Crippen LogP contribution in [-0.4, -0.2) is 30.2 Å². The van der Waals surface area contributed by atoms with Crippen molar-refractivity contribution in [3.05, 3.63) is 59.2 Å². The Morgan fingerprint density at radius 2 is 1.76 bits per heavy atom. The Kier molecular flexibility index (Phi) is 3.84. The number of hydrogen-bond donors (Lipinski definition) is 1. The molecule has 3 heteroatoms. The molecule has 0 bridgehead atoms. The average Bonchev–Trinajstić information content (AvgIpc) is 2.93. The molecule has 2 aromatic carbocycles.